The highest BCUT2D eigenvalue weighted by molar-refractivity contribution is 7.40. The van der Waals surface area contributed by atoms with Crippen LogP contribution in [0, 0.1) is 0 Å². The van der Waals surface area contributed by atoms with E-state index in [0.29, 0.717) is 4.88 Å². The number of benzene rings is 1. The fourth-order valence-corrected chi connectivity index (χ4v) is 5.23. The van der Waals surface area contributed by atoms with Crippen LogP contribution in [0.1, 0.15) is 28.9 Å². The number of aromatic nitrogens is 1. The average molecular weight is 427 g/mol. The fourth-order valence-electron chi connectivity index (χ4n) is 3.02. The predicted molar refractivity (Wildman–Crippen MR) is 105 cm³/mol. The minimum atomic E-state index is -4.78. The fraction of sp³-hybridized carbons (Fsp3) is 0.333. The van der Waals surface area contributed by atoms with Crippen molar-refractivity contribution in [1.29, 1.82) is 0 Å². The standard InChI is InChI=1S/C18H16F3N3O2S2/c19-18(20,21)26-12-6-4-5-11(9-12)22-15(25)14-10-13-16(27-14)28-17(23-13)24-7-2-1-3-8-24/h4-6,9-10H,1-3,7-8H2,(H,22,25). The number of thiazole rings is 1. The Kier molecular flexibility index (Phi) is 5.15. The van der Waals surface area contributed by atoms with Crippen molar-refractivity contribution in [1.82, 2.24) is 4.98 Å². The Balaban J connectivity index is 1.47. The molecule has 0 saturated carbocycles. The summed E-state index contributed by atoms with van der Waals surface area (Å²) in [6.45, 7) is 2.01. The summed E-state index contributed by atoms with van der Waals surface area (Å²) in [4.78, 5) is 19.8. The minimum absolute atomic E-state index is 0.227. The lowest BCUT2D eigenvalue weighted by Gasteiger charge is -2.25. The number of ether oxygens (including phenoxy) is 1. The number of nitrogens with zero attached hydrogens (tertiary/aromatic N) is 2. The maximum absolute atomic E-state index is 12.5. The normalized spacial score (nSPS) is 15.0. The van der Waals surface area contributed by atoms with Gasteiger partial charge in [0.25, 0.3) is 5.91 Å². The van der Waals surface area contributed by atoms with Crippen LogP contribution in [-0.2, 0) is 0 Å². The number of anilines is 2. The second kappa shape index (κ2) is 7.59. The number of rotatable bonds is 4. The Hall–Kier alpha value is -2.33. The number of carbonyl (C=O) groups excluding carboxylic acids is 1. The van der Waals surface area contributed by atoms with Crippen LogP contribution in [-0.4, -0.2) is 30.3 Å². The number of halogens is 3. The van der Waals surface area contributed by atoms with Gasteiger partial charge in [-0.05, 0) is 37.5 Å². The second-order valence-electron chi connectivity index (χ2n) is 6.36. The lowest BCUT2D eigenvalue weighted by Crippen LogP contribution is -2.29. The Labute approximate surface area is 166 Å². The number of amides is 1. The van der Waals surface area contributed by atoms with E-state index in [0.717, 1.165) is 46.7 Å². The highest BCUT2D eigenvalue weighted by Crippen LogP contribution is 2.36. The molecule has 3 heterocycles. The summed E-state index contributed by atoms with van der Waals surface area (Å²) < 4.78 is 41.8. The number of piperidine rings is 1. The van der Waals surface area contributed by atoms with Gasteiger partial charge in [0.15, 0.2) is 5.13 Å². The topological polar surface area (TPSA) is 54.5 Å². The third-order valence-corrected chi connectivity index (χ3v) is 6.60. The first-order valence-corrected chi connectivity index (χ1v) is 10.3. The van der Waals surface area contributed by atoms with Crippen molar-refractivity contribution >= 4 is 48.9 Å². The van der Waals surface area contributed by atoms with Crippen molar-refractivity contribution in [2.45, 2.75) is 25.6 Å². The maximum atomic E-state index is 12.5. The molecule has 1 aromatic carbocycles. The van der Waals surface area contributed by atoms with Crippen LogP contribution in [0.5, 0.6) is 5.75 Å². The highest BCUT2D eigenvalue weighted by atomic mass is 32.2. The van der Waals surface area contributed by atoms with Crippen molar-refractivity contribution in [3.8, 4) is 5.75 Å². The number of thiophene rings is 1. The Bertz CT molecular complexity index is 962. The molecule has 1 aliphatic rings. The quantitative estimate of drug-likeness (QED) is 0.598. The zero-order valence-corrected chi connectivity index (χ0v) is 16.2. The van der Waals surface area contributed by atoms with Crippen LogP contribution >= 0.6 is 22.7 Å². The van der Waals surface area contributed by atoms with Crippen molar-refractivity contribution in [3.63, 3.8) is 0 Å². The molecule has 5 nitrogen and oxygen atoms in total. The molecule has 10 heteroatoms. The van der Waals surface area contributed by atoms with Gasteiger partial charge in [0.05, 0.1) is 10.4 Å². The molecule has 0 spiro atoms. The van der Waals surface area contributed by atoms with Crippen LogP contribution in [0.3, 0.4) is 0 Å². The van der Waals surface area contributed by atoms with E-state index in [1.54, 1.807) is 17.4 Å². The first-order valence-electron chi connectivity index (χ1n) is 8.70. The summed E-state index contributed by atoms with van der Waals surface area (Å²) in [5, 5.41) is 3.58. The van der Waals surface area contributed by atoms with E-state index in [4.69, 9.17) is 0 Å². The summed E-state index contributed by atoms with van der Waals surface area (Å²) in [6.07, 6.45) is -1.20. The van der Waals surface area contributed by atoms with Crippen LogP contribution in [0.15, 0.2) is 30.3 Å². The predicted octanol–water partition coefficient (Wildman–Crippen LogP) is 5.50. The molecule has 28 heavy (non-hydrogen) atoms. The second-order valence-corrected chi connectivity index (χ2v) is 8.65. The number of nitrogens with one attached hydrogen (secondary N) is 1. The van der Waals surface area contributed by atoms with Gasteiger partial charge in [-0.25, -0.2) is 4.98 Å². The van der Waals surface area contributed by atoms with E-state index >= 15 is 0 Å². The van der Waals surface area contributed by atoms with E-state index in [9.17, 15) is 18.0 Å². The number of alkyl halides is 3. The largest absolute Gasteiger partial charge is 0.573 e. The zero-order valence-electron chi connectivity index (χ0n) is 14.6. The highest BCUT2D eigenvalue weighted by Gasteiger charge is 2.31. The van der Waals surface area contributed by atoms with E-state index in [-0.39, 0.29) is 17.3 Å². The summed E-state index contributed by atoms with van der Waals surface area (Å²) in [5.74, 6) is -0.774. The summed E-state index contributed by atoms with van der Waals surface area (Å²) >= 11 is 2.90. The first kappa shape index (κ1) is 19.0. The minimum Gasteiger partial charge on any atom is -0.406 e. The Morgan fingerprint density at radius 2 is 1.93 bits per heavy atom. The summed E-state index contributed by atoms with van der Waals surface area (Å²) in [7, 11) is 0. The molecular formula is C18H16F3N3O2S2. The smallest absolute Gasteiger partial charge is 0.406 e. The van der Waals surface area contributed by atoms with Gasteiger partial charge in [-0.3, -0.25) is 4.79 Å². The lowest BCUT2D eigenvalue weighted by atomic mass is 10.1. The molecule has 1 amide bonds. The third-order valence-electron chi connectivity index (χ3n) is 4.26. The monoisotopic (exact) mass is 427 g/mol. The van der Waals surface area contributed by atoms with E-state index in [1.807, 2.05) is 0 Å². The molecule has 1 aliphatic heterocycles. The number of hydrogen-bond acceptors (Lipinski definition) is 6. The van der Waals surface area contributed by atoms with Crippen molar-refractivity contribution in [3.05, 3.63) is 35.2 Å². The molecule has 0 unspecified atom stereocenters. The molecule has 3 aromatic rings. The first-order chi connectivity index (χ1) is 13.4. The van der Waals surface area contributed by atoms with E-state index in [1.165, 1.54) is 36.0 Å². The lowest BCUT2D eigenvalue weighted by molar-refractivity contribution is -0.274. The Morgan fingerprint density at radius 1 is 1.14 bits per heavy atom. The summed E-state index contributed by atoms with van der Waals surface area (Å²) in [6, 6.07) is 6.92. The van der Waals surface area contributed by atoms with E-state index in [2.05, 4.69) is 19.9 Å². The number of carbonyl (C=O) groups is 1. The van der Waals surface area contributed by atoms with Gasteiger partial charge in [-0.2, -0.15) is 0 Å². The van der Waals surface area contributed by atoms with E-state index < -0.39 is 6.36 Å². The molecule has 1 saturated heterocycles. The van der Waals surface area contributed by atoms with Gasteiger partial charge >= 0.3 is 6.36 Å². The molecule has 4 rings (SSSR count). The zero-order chi connectivity index (χ0) is 19.7. The van der Waals surface area contributed by atoms with Gasteiger partial charge in [-0.1, -0.05) is 17.4 Å². The SMILES string of the molecule is O=C(Nc1cccc(OC(F)(F)F)c1)c1cc2nc(N3CCCCC3)sc2s1. The molecule has 0 atom stereocenters. The molecule has 148 valence electrons. The summed E-state index contributed by atoms with van der Waals surface area (Å²) in [5.41, 5.74) is 1.00. The average Bonchev–Trinajstić information content (AvgIpc) is 3.20. The maximum Gasteiger partial charge on any atom is 0.573 e. The van der Waals surface area contributed by atoms with Gasteiger partial charge in [0.1, 0.15) is 9.76 Å². The molecule has 0 bridgehead atoms. The van der Waals surface area contributed by atoms with Gasteiger partial charge in [-0.15, -0.1) is 24.5 Å². The Morgan fingerprint density at radius 3 is 2.64 bits per heavy atom. The van der Waals surface area contributed by atoms with Crippen LogP contribution in [0.25, 0.3) is 9.53 Å². The van der Waals surface area contributed by atoms with Crippen molar-refractivity contribution in [2.75, 3.05) is 23.3 Å². The van der Waals surface area contributed by atoms with Crippen LogP contribution in [0.2, 0.25) is 0 Å². The molecular weight excluding hydrogens is 411 g/mol. The van der Waals surface area contributed by atoms with Gasteiger partial charge in [0.2, 0.25) is 0 Å². The van der Waals surface area contributed by atoms with Crippen LogP contribution in [0.4, 0.5) is 24.0 Å². The third kappa shape index (κ3) is 4.39. The van der Waals surface area contributed by atoms with Gasteiger partial charge < -0.3 is 15.0 Å². The number of fused-ring (bicyclic) bond motifs is 1. The molecule has 1 fully saturated rings. The molecule has 1 N–H and O–H groups in total. The molecule has 2 aromatic heterocycles. The molecule has 0 radical (unpaired) electrons. The van der Waals surface area contributed by atoms with Crippen LogP contribution < -0.4 is 15.0 Å². The number of hydrogen-bond donors (Lipinski definition) is 1. The molecule has 0 aliphatic carbocycles. The van der Waals surface area contributed by atoms with Gasteiger partial charge in [0, 0.05) is 24.8 Å². The van der Waals surface area contributed by atoms with Crippen molar-refractivity contribution < 1.29 is 22.7 Å². The van der Waals surface area contributed by atoms with Crippen molar-refractivity contribution in [2.24, 2.45) is 0 Å².